The minimum atomic E-state index is 0. The first-order chi connectivity index (χ1) is 10.6. The third-order valence-corrected chi connectivity index (χ3v) is 5.24. The van der Waals surface area contributed by atoms with Crippen LogP contribution in [0.5, 0.6) is 0 Å². The number of piperidine rings is 1. The van der Waals surface area contributed by atoms with Crippen molar-refractivity contribution in [3.8, 4) is 0 Å². The van der Waals surface area contributed by atoms with Gasteiger partial charge >= 0.3 is 0 Å². The van der Waals surface area contributed by atoms with Crippen molar-refractivity contribution in [1.82, 2.24) is 15.1 Å². The van der Waals surface area contributed by atoms with Gasteiger partial charge in [-0.25, -0.2) is 0 Å². The number of fused-ring (bicyclic) bond motifs is 1. The highest BCUT2D eigenvalue weighted by molar-refractivity contribution is 5.85. The van der Waals surface area contributed by atoms with Crippen LogP contribution in [0.1, 0.15) is 17.5 Å². The van der Waals surface area contributed by atoms with Crippen LogP contribution in [0.4, 0.5) is 0 Å². The van der Waals surface area contributed by atoms with Crippen LogP contribution in [0.25, 0.3) is 0 Å². The Morgan fingerprint density at radius 2 is 2.04 bits per heavy atom. The molecule has 23 heavy (non-hydrogen) atoms. The SMILES string of the molecule is Cc1ccccc1CN(C)C(=O)CN1CCC2CNCC2C1.Cl. The average Bonchev–Trinajstić information content (AvgIpc) is 2.97. The Bertz CT molecular complexity index is 537. The zero-order valence-electron chi connectivity index (χ0n) is 14.1. The van der Waals surface area contributed by atoms with Crippen molar-refractivity contribution in [2.75, 3.05) is 39.8 Å². The second kappa shape index (κ2) is 8.13. The van der Waals surface area contributed by atoms with Crippen molar-refractivity contribution in [3.05, 3.63) is 35.4 Å². The molecule has 3 rings (SSSR count). The Balaban J connectivity index is 0.00000192. The van der Waals surface area contributed by atoms with Gasteiger partial charge < -0.3 is 10.2 Å². The minimum absolute atomic E-state index is 0. The zero-order chi connectivity index (χ0) is 15.5. The van der Waals surface area contributed by atoms with Gasteiger partial charge in [-0.2, -0.15) is 0 Å². The normalized spacial score (nSPS) is 23.9. The van der Waals surface area contributed by atoms with Crippen LogP contribution in [-0.2, 0) is 11.3 Å². The van der Waals surface area contributed by atoms with Crippen molar-refractivity contribution in [3.63, 3.8) is 0 Å². The molecule has 2 unspecified atom stereocenters. The summed E-state index contributed by atoms with van der Waals surface area (Å²) in [5, 5.41) is 3.48. The maximum absolute atomic E-state index is 12.5. The second-order valence-corrected chi connectivity index (χ2v) is 6.88. The van der Waals surface area contributed by atoms with E-state index in [0.717, 1.165) is 31.5 Å². The molecule has 0 saturated carbocycles. The molecule has 1 aromatic carbocycles. The van der Waals surface area contributed by atoms with Gasteiger partial charge in [0, 0.05) is 20.1 Å². The molecule has 0 radical (unpaired) electrons. The topological polar surface area (TPSA) is 35.6 Å². The van der Waals surface area contributed by atoms with Crippen molar-refractivity contribution < 1.29 is 4.79 Å². The number of carbonyl (C=O) groups excluding carboxylic acids is 1. The van der Waals surface area contributed by atoms with E-state index in [1.165, 1.54) is 24.1 Å². The van der Waals surface area contributed by atoms with Gasteiger partial charge in [0.2, 0.25) is 5.91 Å². The number of rotatable bonds is 4. The van der Waals surface area contributed by atoms with E-state index in [-0.39, 0.29) is 18.3 Å². The summed E-state index contributed by atoms with van der Waals surface area (Å²) in [7, 11) is 1.92. The van der Waals surface area contributed by atoms with Gasteiger partial charge in [-0.1, -0.05) is 24.3 Å². The van der Waals surface area contributed by atoms with Crippen LogP contribution < -0.4 is 5.32 Å². The fourth-order valence-electron chi connectivity index (χ4n) is 3.70. The highest BCUT2D eigenvalue weighted by Crippen LogP contribution is 2.26. The number of hydrogen-bond acceptors (Lipinski definition) is 3. The van der Waals surface area contributed by atoms with Crippen LogP contribution in [-0.4, -0.2) is 55.5 Å². The lowest BCUT2D eigenvalue weighted by atomic mass is 9.89. The van der Waals surface area contributed by atoms with E-state index >= 15 is 0 Å². The third-order valence-electron chi connectivity index (χ3n) is 5.24. The summed E-state index contributed by atoms with van der Waals surface area (Å²) in [6.07, 6.45) is 1.23. The van der Waals surface area contributed by atoms with Gasteiger partial charge in [-0.3, -0.25) is 9.69 Å². The summed E-state index contributed by atoms with van der Waals surface area (Å²) < 4.78 is 0. The van der Waals surface area contributed by atoms with Gasteiger partial charge in [-0.05, 0) is 55.9 Å². The maximum atomic E-state index is 12.5. The lowest BCUT2D eigenvalue weighted by molar-refractivity contribution is -0.132. The van der Waals surface area contributed by atoms with E-state index in [9.17, 15) is 4.79 Å². The molecule has 0 bridgehead atoms. The molecule has 2 aliphatic heterocycles. The molecule has 2 aliphatic rings. The number of likely N-dealkylation sites (N-methyl/N-ethyl adjacent to an activating group) is 1. The monoisotopic (exact) mass is 337 g/mol. The Hall–Kier alpha value is -1.10. The second-order valence-electron chi connectivity index (χ2n) is 6.88. The summed E-state index contributed by atoms with van der Waals surface area (Å²) in [6, 6.07) is 8.29. The summed E-state index contributed by atoms with van der Waals surface area (Å²) >= 11 is 0. The van der Waals surface area contributed by atoms with Crippen molar-refractivity contribution in [1.29, 1.82) is 0 Å². The van der Waals surface area contributed by atoms with Crippen LogP contribution in [0, 0.1) is 18.8 Å². The van der Waals surface area contributed by atoms with Crippen LogP contribution in [0.15, 0.2) is 24.3 Å². The molecule has 0 aromatic heterocycles. The molecule has 2 fully saturated rings. The molecular weight excluding hydrogens is 310 g/mol. The lowest BCUT2D eigenvalue weighted by Gasteiger charge is -2.34. The van der Waals surface area contributed by atoms with E-state index in [2.05, 4.69) is 29.3 Å². The molecule has 0 spiro atoms. The Morgan fingerprint density at radius 1 is 1.30 bits per heavy atom. The molecule has 2 heterocycles. The molecule has 1 aromatic rings. The first-order valence-electron chi connectivity index (χ1n) is 8.35. The number of aryl methyl sites for hydroxylation is 1. The molecule has 1 N–H and O–H groups in total. The third kappa shape index (κ3) is 4.46. The number of amides is 1. The van der Waals surface area contributed by atoms with Crippen molar-refractivity contribution in [2.24, 2.45) is 11.8 Å². The first kappa shape index (κ1) is 18.2. The first-order valence-corrected chi connectivity index (χ1v) is 8.35. The Labute approximate surface area is 145 Å². The van der Waals surface area contributed by atoms with Gasteiger partial charge in [-0.15, -0.1) is 12.4 Å². The molecule has 2 saturated heterocycles. The van der Waals surface area contributed by atoms with Crippen LogP contribution in [0.3, 0.4) is 0 Å². The molecule has 2 atom stereocenters. The molecule has 128 valence electrons. The van der Waals surface area contributed by atoms with E-state index in [1.54, 1.807) is 0 Å². The fraction of sp³-hybridized carbons (Fsp3) is 0.611. The van der Waals surface area contributed by atoms with E-state index in [4.69, 9.17) is 0 Å². The van der Waals surface area contributed by atoms with Gasteiger partial charge in [0.1, 0.15) is 0 Å². The summed E-state index contributed by atoms with van der Waals surface area (Å²) in [6.45, 7) is 7.78. The number of benzene rings is 1. The van der Waals surface area contributed by atoms with Crippen molar-refractivity contribution in [2.45, 2.75) is 19.9 Å². The Morgan fingerprint density at radius 3 is 2.83 bits per heavy atom. The van der Waals surface area contributed by atoms with Gasteiger partial charge in [0.25, 0.3) is 0 Å². The van der Waals surface area contributed by atoms with E-state index in [1.807, 2.05) is 24.1 Å². The van der Waals surface area contributed by atoms with Crippen LogP contribution >= 0.6 is 12.4 Å². The molecule has 4 nitrogen and oxygen atoms in total. The molecular formula is C18H28ClN3O. The number of nitrogens with one attached hydrogen (secondary N) is 1. The van der Waals surface area contributed by atoms with E-state index < -0.39 is 0 Å². The minimum Gasteiger partial charge on any atom is -0.340 e. The quantitative estimate of drug-likeness (QED) is 0.911. The summed E-state index contributed by atoms with van der Waals surface area (Å²) in [5.74, 6) is 1.80. The van der Waals surface area contributed by atoms with E-state index in [0.29, 0.717) is 13.1 Å². The maximum Gasteiger partial charge on any atom is 0.236 e. The number of halogens is 1. The number of hydrogen-bond donors (Lipinski definition) is 1. The number of carbonyl (C=O) groups is 1. The standard InChI is InChI=1S/C18H27N3O.ClH/c1-14-5-3-4-6-16(14)11-20(2)18(22)13-21-8-7-15-9-19-10-17(15)12-21;/h3-6,15,17,19H,7-13H2,1-2H3;1H. The summed E-state index contributed by atoms with van der Waals surface area (Å²) in [4.78, 5) is 16.7. The predicted molar refractivity (Wildman–Crippen MR) is 95.8 cm³/mol. The summed E-state index contributed by atoms with van der Waals surface area (Å²) in [5.41, 5.74) is 2.48. The number of likely N-dealkylation sites (tertiary alicyclic amines) is 1. The lowest BCUT2D eigenvalue weighted by Crippen LogP contribution is -2.45. The van der Waals surface area contributed by atoms with Gasteiger partial charge in [0.15, 0.2) is 0 Å². The Kier molecular flexibility index (Phi) is 6.45. The number of nitrogens with zero attached hydrogens (tertiary/aromatic N) is 2. The van der Waals surface area contributed by atoms with Crippen molar-refractivity contribution >= 4 is 18.3 Å². The molecule has 5 heteroatoms. The van der Waals surface area contributed by atoms with Gasteiger partial charge in [0.05, 0.1) is 6.54 Å². The highest BCUT2D eigenvalue weighted by Gasteiger charge is 2.33. The zero-order valence-corrected chi connectivity index (χ0v) is 14.9. The largest absolute Gasteiger partial charge is 0.340 e. The van der Waals surface area contributed by atoms with Crippen LogP contribution in [0.2, 0.25) is 0 Å². The smallest absolute Gasteiger partial charge is 0.236 e. The average molecular weight is 338 g/mol. The fourth-order valence-corrected chi connectivity index (χ4v) is 3.70. The molecule has 1 amide bonds. The predicted octanol–water partition coefficient (Wildman–Crippen LogP) is 1.92. The molecule has 0 aliphatic carbocycles. The highest BCUT2D eigenvalue weighted by atomic mass is 35.5.